The number of carbonyl (C=O) groups is 4. The molecule has 7 rings (SSSR count). The fourth-order valence-corrected chi connectivity index (χ4v) is 7.76. The van der Waals surface area contributed by atoms with E-state index >= 15 is 0 Å². The zero-order chi connectivity index (χ0) is 34.1. The summed E-state index contributed by atoms with van der Waals surface area (Å²) in [4.78, 5) is 61.4. The van der Waals surface area contributed by atoms with Crippen LogP contribution in [-0.4, -0.2) is 87.9 Å². The van der Waals surface area contributed by atoms with E-state index in [9.17, 15) is 19.2 Å². The number of nitrogens with zero attached hydrogens (tertiary/aromatic N) is 3. The first-order valence-corrected chi connectivity index (χ1v) is 17.6. The number of nitrogens with one attached hydrogen (secondary N) is 4. The molecular formula is C37H42ClN7O4. The Hall–Kier alpha value is -4.64. The lowest BCUT2D eigenvalue weighted by atomic mass is 9.79. The van der Waals surface area contributed by atoms with Crippen molar-refractivity contribution >= 4 is 46.1 Å². The molecule has 1 aliphatic carbocycles. The Labute approximate surface area is 290 Å². The van der Waals surface area contributed by atoms with Crippen molar-refractivity contribution in [2.24, 2.45) is 17.8 Å². The number of likely N-dealkylation sites (tertiary alicyclic amines) is 2. The lowest BCUT2D eigenvalue weighted by Gasteiger charge is -2.40. The van der Waals surface area contributed by atoms with Gasteiger partial charge in [-0.3, -0.25) is 24.3 Å². The molecule has 0 spiro atoms. The van der Waals surface area contributed by atoms with Crippen LogP contribution in [0.25, 0.3) is 10.9 Å². The molecule has 4 N–H and O–H groups in total. The van der Waals surface area contributed by atoms with Gasteiger partial charge in [-0.05, 0) is 73.3 Å². The highest BCUT2D eigenvalue weighted by atomic mass is 35.5. The lowest BCUT2D eigenvalue weighted by Crippen LogP contribution is -2.56. The van der Waals surface area contributed by atoms with Gasteiger partial charge in [0.15, 0.2) is 0 Å². The first kappa shape index (κ1) is 32.9. The van der Waals surface area contributed by atoms with Gasteiger partial charge < -0.3 is 25.4 Å². The number of hydrogen-bond donors (Lipinski definition) is 4. The average Bonchev–Trinajstić information content (AvgIpc) is 3.48. The SMILES string of the molecule is CNC(=O)[C@H](CCCc1ccccc1)NC(=O)C1CN(C(=O)Cc2c[nH]c3cc(Cl)ccc23)CC2CN(C(=O)c3cc(C4CC4)[nH]n3)CC21. The molecule has 0 bridgehead atoms. The van der Waals surface area contributed by atoms with Crippen LogP contribution in [-0.2, 0) is 27.2 Å². The maximum atomic E-state index is 14.2. The third-order valence-electron chi connectivity index (χ3n) is 10.4. The highest BCUT2D eigenvalue weighted by molar-refractivity contribution is 6.31. The third kappa shape index (κ3) is 7.22. The second-order valence-corrected chi connectivity index (χ2v) is 14.2. The second kappa shape index (κ2) is 14.1. The van der Waals surface area contributed by atoms with Crippen LogP contribution in [0.3, 0.4) is 0 Å². The lowest BCUT2D eigenvalue weighted by molar-refractivity contribution is -0.140. The Bertz CT molecular complexity index is 1850. The molecule has 1 saturated carbocycles. The predicted octanol–water partition coefficient (Wildman–Crippen LogP) is 4.06. The van der Waals surface area contributed by atoms with Crippen LogP contribution in [0.4, 0.5) is 0 Å². The number of H-pyrrole nitrogens is 2. The molecule has 4 amide bonds. The molecule has 0 radical (unpaired) electrons. The minimum Gasteiger partial charge on any atom is -0.361 e. The molecule has 11 nitrogen and oxygen atoms in total. The summed E-state index contributed by atoms with van der Waals surface area (Å²) in [6, 6.07) is 16.7. The number of benzene rings is 2. The molecule has 4 atom stereocenters. The molecule has 4 aromatic rings. The van der Waals surface area contributed by atoms with Gasteiger partial charge in [-0.1, -0.05) is 48.0 Å². The van der Waals surface area contributed by atoms with Crippen molar-refractivity contribution in [1.29, 1.82) is 0 Å². The quantitative estimate of drug-likeness (QED) is 0.189. The fourth-order valence-electron chi connectivity index (χ4n) is 7.59. The van der Waals surface area contributed by atoms with Crippen LogP contribution in [0.5, 0.6) is 0 Å². The van der Waals surface area contributed by atoms with Crippen molar-refractivity contribution in [2.75, 3.05) is 33.2 Å². The summed E-state index contributed by atoms with van der Waals surface area (Å²) < 4.78 is 0. The number of carbonyl (C=O) groups excluding carboxylic acids is 4. The number of aromatic nitrogens is 3. The van der Waals surface area contributed by atoms with E-state index in [0.29, 0.717) is 49.1 Å². The van der Waals surface area contributed by atoms with Crippen LogP contribution < -0.4 is 10.6 Å². The van der Waals surface area contributed by atoms with Crippen molar-refractivity contribution < 1.29 is 19.2 Å². The predicted molar refractivity (Wildman–Crippen MR) is 186 cm³/mol. The summed E-state index contributed by atoms with van der Waals surface area (Å²) in [7, 11) is 1.57. The molecule has 2 saturated heterocycles. The summed E-state index contributed by atoms with van der Waals surface area (Å²) in [5.74, 6) is -1.21. The average molecular weight is 684 g/mol. The van der Waals surface area contributed by atoms with Gasteiger partial charge in [0.1, 0.15) is 11.7 Å². The molecule has 2 aromatic heterocycles. The van der Waals surface area contributed by atoms with Gasteiger partial charge in [-0.15, -0.1) is 0 Å². The number of halogens is 1. The minimum absolute atomic E-state index is 0.0936. The first-order chi connectivity index (χ1) is 23.8. The smallest absolute Gasteiger partial charge is 0.274 e. The standard InChI is InChI=1S/C37H42ClN7O4/c1-39-36(48)30(9-5-8-22-6-3-2-4-7-22)41-35(47)29-21-44(34(46)14-24-17-40-32-15-26(38)12-13-27(24)32)18-25-19-45(20-28(25)29)37(49)33-16-31(42-43-33)23-10-11-23/h2-4,6-7,12-13,15-17,23,25,28-30,40H,5,8-11,14,18-21H2,1H3,(H,39,48)(H,41,47)(H,42,43)/t25?,28?,29?,30-/m0/s1. The van der Waals surface area contributed by atoms with Crippen molar-refractivity contribution in [3.05, 3.63) is 88.3 Å². The number of hydrogen-bond acceptors (Lipinski definition) is 5. The highest BCUT2D eigenvalue weighted by Crippen LogP contribution is 2.40. The number of aromatic amines is 2. The van der Waals surface area contributed by atoms with Gasteiger partial charge in [0.2, 0.25) is 17.7 Å². The summed E-state index contributed by atoms with van der Waals surface area (Å²) in [5.41, 5.74) is 4.25. The van der Waals surface area contributed by atoms with Crippen molar-refractivity contribution in [3.8, 4) is 0 Å². The second-order valence-electron chi connectivity index (χ2n) is 13.8. The third-order valence-corrected chi connectivity index (χ3v) is 10.7. The van der Waals surface area contributed by atoms with Crippen molar-refractivity contribution in [3.63, 3.8) is 0 Å². The number of rotatable bonds is 11. The Morgan fingerprint density at radius 2 is 1.80 bits per heavy atom. The Morgan fingerprint density at radius 3 is 2.57 bits per heavy atom. The summed E-state index contributed by atoms with van der Waals surface area (Å²) in [6.45, 7) is 1.46. The van der Waals surface area contributed by atoms with Crippen molar-refractivity contribution in [2.45, 2.75) is 50.5 Å². The van der Waals surface area contributed by atoms with E-state index in [4.69, 9.17) is 11.6 Å². The van der Waals surface area contributed by atoms with E-state index in [0.717, 1.165) is 41.4 Å². The fraction of sp³-hybridized carbons (Fsp3) is 0.432. The summed E-state index contributed by atoms with van der Waals surface area (Å²) in [5, 5.41) is 14.6. The monoisotopic (exact) mass is 683 g/mol. The van der Waals surface area contributed by atoms with E-state index in [1.807, 2.05) is 42.6 Å². The Kier molecular flexibility index (Phi) is 9.44. The number of piperidine rings is 1. The topological polar surface area (TPSA) is 143 Å². The molecule has 4 heterocycles. The maximum absolute atomic E-state index is 14.2. The number of amides is 4. The first-order valence-electron chi connectivity index (χ1n) is 17.2. The molecule has 49 heavy (non-hydrogen) atoms. The van der Waals surface area contributed by atoms with E-state index in [1.54, 1.807) is 22.9 Å². The van der Waals surface area contributed by atoms with Crippen molar-refractivity contribution in [1.82, 2.24) is 35.6 Å². The molecule has 3 aliphatic rings. The van der Waals surface area contributed by atoms with Crippen LogP contribution >= 0.6 is 11.6 Å². The number of aryl methyl sites for hydroxylation is 1. The summed E-state index contributed by atoms with van der Waals surface area (Å²) in [6.07, 6.45) is 6.16. The molecule has 3 fully saturated rings. The van der Waals surface area contributed by atoms with E-state index < -0.39 is 12.0 Å². The van der Waals surface area contributed by atoms with Gasteiger partial charge >= 0.3 is 0 Å². The molecule has 3 unspecified atom stereocenters. The normalized spacial score (nSPS) is 21.0. The van der Waals surface area contributed by atoms with Crippen LogP contribution in [0.1, 0.15) is 58.9 Å². The molecular weight excluding hydrogens is 642 g/mol. The highest BCUT2D eigenvalue weighted by Gasteiger charge is 2.48. The number of fused-ring (bicyclic) bond motifs is 2. The molecule has 12 heteroatoms. The number of likely N-dealkylation sites (N-methyl/N-ethyl adjacent to an activating group) is 1. The van der Waals surface area contributed by atoms with Crippen LogP contribution in [0.2, 0.25) is 5.02 Å². The van der Waals surface area contributed by atoms with Gasteiger partial charge in [-0.2, -0.15) is 5.10 Å². The minimum atomic E-state index is -0.715. The zero-order valence-corrected chi connectivity index (χ0v) is 28.3. The van der Waals surface area contributed by atoms with Gasteiger partial charge in [-0.25, -0.2) is 0 Å². The van der Waals surface area contributed by atoms with E-state index in [2.05, 4.69) is 37.9 Å². The Morgan fingerprint density at radius 1 is 1.00 bits per heavy atom. The van der Waals surface area contributed by atoms with Crippen LogP contribution in [0, 0.1) is 17.8 Å². The molecule has 2 aliphatic heterocycles. The molecule has 256 valence electrons. The zero-order valence-electron chi connectivity index (χ0n) is 27.6. The molecule has 2 aromatic carbocycles. The van der Waals surface area contributed by atoms with Gasteiger partial charge in [0, 0.05) is 67.0 Å². The Balaban J connectivity index is 1.09. The van der Waals surface area contributed by atoms with Gasteiger partial charge in [0.05, 0.1) is 12.3 Å². The van der Waals surface area contributed by atoms with Crippen LogP contribution in [0.15, 0.2) is 60.8 Å². The van der Waals surface area contributed by atoms with E-state index in [-0.39, 0.29) is 48.4 Å². The van der Waals surface area contributed by atoms with E-state index in [1.165, 1.54) is 5.56 Å². The maximum Gasteiger partial charge on any atom is 0.274 e. The van der Waals surface area contributed by atoms with Gasteiger partial charge in [0.25, 0.3) is 5.91 Å². The summed E-state index contributed by atoms with van der Waals surface area (Å²) >= 11 is 6.17. The largest absolute Gasteiger partial charge is 0.361 e.